The third-order valence-corrected chi connectivity index (χ3v) is 5.18. The number of pyridine rings is 1. The predicted molar refractivity (Wildman–Crippen MR) is 156 cm³/mol. The van der Waals surface area contributed by atoms with Crippen molar-refractivity contribution in [2.24, 2.45) is 16.6 Å². The van der Waals surface area contributed by atoms with Gasteiger partial charge < -0.3 is 16.0 Å². The number of nitrogens with zero attached hydrogens (tertiary/aromatic N) is 3. The Bertz CT molecular complexity index is 1040. The molecule has 37 heavy (non-hydrogen) atoms. The number of aromatic nitrogens is 1. The highest BCUT2D eigenvalue weighted by Crippen LogP contribution is 2.12. The summed E-state index contributed by atoms with van der Waals surface area (Å²) in [7, 11) is 3.62. The van der Waals surface area contributed by atoms with Gasteiger partial charge in [0.1, 0.15) is 5.84 Å². The highest BCUT2D eigenvalue weighted by molar-refractivity contribution is 6.31. The molecule has 1 aromatic carbocycles. The van der Waals surface area contributed by atoms with Crippen LogP contribution in [0.2, 0.25) is 10.0 Å². The summed E-state index contributed by atoms with van der Waals surface area (Å²) in [5.74, 6) is 0.785. The number of hydrogen-bond donors (Lipinski definition) is 2. The van der Waals surface area contributed by atoms with E-state index in [1.807, 2.05) is 40.0 Å². The maximum atomic E-state index is 11.1. The van der Waals surface area contributed by atoms with E-state index >= 15 is 0 Å². The van der Waals surface area contributed by atoms with Crippen molar-refractivity contribution in [1.29, 1.82) is 0 Å². The SMILES string of the molecule is CC.CC/C=C(\C=C/C(C)C1=NCCN1C)C(N)=O.CNC(=O)c1cccc(Cl)c1.Clc1cccnc1. The Morgan fingerprint density at radius 3 is 2.30 bits per heavy atom. The zero-order chi connectivity index (χ0) is 28.2. The summed E-state index contributed by atoms with van der Waals surface area (Å²) >= 11 is 11.1. The molecule has 202 valence electrons. The lowest BCUT2D eigenvalue weighted by atomic mass is 10.1. The van der Waals surface area contributed by atoms with Crippen molar-refractivity contribution in [3.8, 4) is 0 Å². The number of allylic oxidation sites excluding steroid dienone is 1. The fourth-order valence-corrected chi connectivity index (χ4v) is 3.28. The topological polar surface area (TPSA) is 101 Å². The van der Waals surface area contributed by atoms with Gasteiger partial charge in [-0.25, -0.2) is 0 Å². The van der Waals surface area contributed by atoms with Crippen LogP contribution in [0.4, 0.5) is 0 Å². The van der Waals surface area contributed by atoms with E-state index in [1.54, 1.807) is 61.9 Å². The van der Waals surface area contributed by atoms with Crippen LogP contribution in [0, 0.1) is 5.92 Å². The minimum absolute atomic E-state index is 0.118. The molecule has 9 heteroatoms. The van der Waals surface area contributed by atoms with Gasteiger partial charge in [-0.05, 0) is 36.8 Å². The summed E-state index contributed by atoms with van der Waals surface area (Å²) in [4.78, 5) is 32.5. The number of nitrogens with two attached hydrogens (primary N) is 1. The summed E-state index contributed by atoms with van der Waals surface area (Å²) in [5, 5.41) is 3.77. The second-order valence-corrected chi connectivity index (χ2v) is 8.37. The number of amidine groups is 1. The number of halogens is 2. The van der Waals surface area contributed by atoms with E-state index in [-0.39, 0.29) is 17.7 Å². The lowest BCUT2D eigenvalue weighted by Gasteiger charge is -2.17. The summed E-state index contributed by atoms with van der Waals surface area (Å²) in [6.07, 6.45) is 9.70. The molecule has 1 aliphatic heterocycles. The van der Waals surface area contributed by atoms with Crippen LogP contribution in [0.1, 0.15) is 44.5 Å². The monoisotopic (exact) mass is 547 g/mol. The first-order chi connectivity index (χ1) is 17.7. The van der Waals surface area contributed by atoms with Gasteiger partial charge in [0.25, 0.3) is 5.91 Å². The third-order valence-electron chi connectivity index (χ3n) is 4.72. The first-order valence-electron chi connectivity index (χ1n) is 12.2. The second kappa shape index (κ2) is 20.0. The molecule has 7 nitrogen and oxygen atoms in total. The number of carbonyl (C=O) groups is 2. The number of nitrogens with one attached hydrogen (secondary N) is 1. The molecular formula is C28H39Cl2N5O2. The zero-order valence-electron chi connectivity index (χ0n) is 22.5. The van der Waals surface area contributed by atoms with Crippen LogP contribution in [0.3, 0.4) is 0 Å². The Balaban J connectivity index is 0.000000553. The minimum Gasteiger partial charge on any atom is -0.366 e. The molecule has 0 aliphatic carbocycles. The first kappa shape index (κ1) is 33.8. The maximum Gasteiger partial charge on any atom is 0.251 e. The molecule has 0 saturated carbocycles. The van der Waals surface area contributed by atoms with Crippen LogP contribution in [-0.4, -0.2) is 54.7 Å². The van der Waals surface area contributed by atoms with E-state index < -0.39 is 0 Å². The van der Waals surface area contributed by atoms with E-state index in [4.69, 9.17) is 28.9 Å². The smallest absolute Gasteiger partial charge is 0.251 e. The van der Waals surface area contributed by atoms with Crippen molar-refractivity contribution in [2.75, 3.05) is 27.2 Å². The number of primary amides is 1. The lowest BCUT2D eigenvalue weighted by molar-refractivity contribution is -0.114. The molecule has 0 saturated heterocycles. The third kappa shape index (κ3) is 14.2. The standard InChI is InChI=1S/C13H21N3O.C8H8ClNO.C5H4ClN.C2H6/c1-4-5-11(12(14)17)7-6-10(2)13-15-8-9-16(13)3;1-10-8(11)6-3-2-4-7(9)5-6;6-5-2-1-3-7-4-5;1-2/h5-7,10H,4,8-9H2,1-3H3,(H2,14,17);2-5H,1H3,(H,10,11);1-4H;1-2H3/b7-6-,11-5+;;;. The summed E-state index contributed by atoms with van der Waals surface area (Å²) in [6, 6.07) is 10.4. The number of rotatable bonds is 6. The zero-order valence-corrected chi connectivity index (χ0v) is 24.1. The van der Waals surface area contributed by atoms with Crippen molar-refractivity contribution < 1.29 is 9.59 Å². The summed E-state index contributed by atoms with van der Waals surface area (Å²) in [5.41, 5.74) is 6.44. The maximum absolute atomic E-state index is 11.1. The average Bonchev–Trinajstić information content (AvgIpc) is 3.34. The van der Waals surface area contributed by atoms with Crippen LogP contribution < -0.4 is 11.1 Å². The highest BCUT2D eigenvalue weighted by atomic mass is 35.5. The number of hydrogen-bond acceptors (Lipinski definition) is 5. The molecule has 3 N–H and O–H groups in total. The molecule has 2 amide bonds. The van der Waals surface area contributed by atoms with E-state index in [0.717, 1.165) is 25.3 Å². The van der Waals surface area contributed by atoms with Crippen LogP contribution >= 0.6 is 23.2 Å². The van der Waals surface area contributed by atoms with Gasteiger partial charge in [-0.15, -0.1) is 0 Å². The molecule has 3 rings (SSSR count). The molecule has 1 atom stereocenters. The van der Waals surface area contributed by atoms with E-state index in [9.17, 15) is 9.59 Å². The van der Waals surface area contributed by atoms with Crippen molar-refractivity contribution >= 4 is 40.9 Å². The van der Waals surface area contributed by atoms with E-state index in [0.29, 0.717) is 21.2 Å². The molecule has 0 spiro atoms. The quantitative estimate of drug-likeness (QED) is 0.352. The Morgan fingerprint density at radius 2 is 1.86 bits per heavy atom. The van der Waals surface area contributed by atoms with Crippen LogP contribution in [0.15, 0.2) is 77.6 Å². The Morgan fingerprint density at radius 1 is 1.19 bits per heavy atom. The highest BCUT2D eigenvalue weighted by Gasteiger charge is 2.17. The molecule has 1 aliphatic rings. The number of carbonyl (C=O) groups excluding carboxylic acids is 2. The van der Waals surface area contributed by atoms with Crippen molar-refractivity contribution in [2.45, 2.75) is 34.1 Å². The van der Waals surface area contributed by atoms with Crippen molar-refractivity contribution in [1.82, 2.24) is 15.2 Å². The van der Waals surface area contributed by atoms with Gasteiger partial charge in [-0.2, -0.15) is 0 Å². The van der Waals surface area contributed by atoms with Crippen LogP contribution in [-0.2, 0) is 4.79 Å². The molecule has 0 radical (unpaired) electrons. The van der Waals surface area contributed by atoms with Crippen LogP contribution in [0.25, 0.3) is 0 Å². The minimum atomic E-state index is -0.378. The fourth-order valence-electron chi connectivity index (χ4n) is 2.96. The Kier molecular flexibility index (Phi) is 18.3. The number of likely N-dealkylation sites (N-methyl/N-ethyl adjacent to an activating group) is 1. The molecule has 1 aromatic heterocycles. The van der Waals surface area contributed by atoms with Gasteiger partial charge >= 0.3 is 0 Å². The number of benzene rings is 1. The number of amides is 2. The van der Waals surface area contributed by atoms with E-state index in [1.165, 1.54) is 0 Å². The van der Waals surface area contributed by atoms with Crippen molar-refractivity contribution in [3.63, 3.8) is 0 Å². The Labute approximate surface area is 231 Å². The molecule has 0 fully saturated rings. The van der Waals surface area contributed by atoms with Gasteiger partial charge in [-0.3, -0.25) is 19.6 Å². The van der Waals surface area contributed by atoms with Gasteiger partial charge in [-0.1, -0.05) is 75.2 Å². The summed E-state index contributed by atoms with van der Waals surface area (Å²) in [6.45, 7) is 9.88. The van der Waals surface area contributed by atoms with Crippen molar-refractivity contribution in [3.05, 3.63) is 88.2 Å². The fraction of sp³-hybridized carbons (Fsp3) is 0.357. The molecule has 2 aromatic rings. The molecule has 0 bridgehead atoms. The largest absolute Gasteiger partial charge is 0.366 e. The van der Waals surface area contributed by atoms with Gasteiger partial charge in [0.05, 0.1) is 11.6 Å². The van der Waals surface area contributed by atoms with Gasteiger partial charge in [0, 0.05) is 55.1 Å². The molecule has 2 heterocycles. The normalized spacial score (nSPS) is 13.1. The first-order valence-corrected chi connectivity index (χ1v) is 12.9. The lowest BCUT2D eigenvalue weighted by Crippen LogP contribution is -2.27. The predicted octanol–water partition coefficient (Wildman–Crippen LogP) is 5.81. The second-order valence-electron chi connectivity index (χ2n) is 7.50. The van der Waals surface area contributed by atoms with Crippen LogP contribution in [0.5, 0.6) is 0 Å². The Hall–Kier alpha value is -3.16. The summed E-state index contributed by atoms with van der Waals surface area (Å²) < 4.78 is 0. The van der Waals surface area contributed by atoms with E-state index in [2.05, 4.69) is 27.1 Å². The average molecular weight is 549 g/mol. The molecule has 1 unspecified atom stereocenters. The number of aliphatic imine (C=N–C) groups is 1. The van der Waals surface area contributed by atoms with Gasteiger partial charge in [0.2, 0.25) is 5.91 Å². The van der Waals surface area contributed by atoms with Gasteiger partial charge in [0.15, 0.2) is 0 Å². The molecular weight excluding hydrogens is 509 g/mol.